The predicted octanol–water partition coefficient (Wildman–Crippen LogP) is 1.57. The number of nitrogens with one attached hydrogen (secondary N) is 2. The van der Waals surface area contributed by atoms with Gasteiger partial charge in [0.2, 0.25) is 0 Å². The Morgan fingerprint density at radius 2 is 2.08 bits per heavy atom. The fourth-order valence-electron chi connectivity index (χ4n) is 2.32. The van der Waals surface area contributed by atoms with Crippen LogP contribution in [0.3, 0.4) is 0 Å². The third kappa shape index (κ3) is 5.13. The van der Waals surface area contributed by atoms with Crippen molar-refractivity contribution in [2.75, 3.05) is 34.3 Å². The maximum absolute atomic E-state index is 12.3. The largest absolute Gasteiger partial charge is 0.492 e. The third-order valence-electron chi connectivity index (χ3n) is 3.57. The highest BCUT2D eigenvalue weighted by Crippen LogP contribution is 2.32. The number of guanidine groups is 1. The number of aliphatic imine (C=N–C) groups is 1. The molecule has 8 heteroatoms. The van der Waals surface area contributed by atoms with E-state index in [1.165, 1.54) is 7.05 Å². The first-order valence-corrected chi connectivity index (χ1v) is 8.44. The SMILES string of the molecule is CN=C(N)NC(=O)c1cc2c(OC(C)C)cc(OCCN(C)C)cc2[nH]1. The van der Waals surface area contributed by atoms with Crippen LogP contribution in [0.15, 0.2) is 23.2 Å². The van der Waals surface area contributed by atoms with Gasteiger partial charge in [-0.2, -0.15) is 0 Å². The molecule has 2 aromatic rings. The van der Waals surface area contributed by atoms with Crippen LogP contribution >= 0.6 is 0 Å². The number of carbonyl (C=O) groups excluding carboxylic acids is 1. The molecule has 0 radical (unpaired) electrons. The van der Waals surface area contributed by atoms with E-state index in [9.17, 15) is 4.79 Å². The molecular weight excluding hydrogens is 334 g/mol. The molecule has 0 saturated carbocycles. The minimum Gasteiger partial charge on any atom is -0.492 e. The molecule has 1 heterocycles. The lowest BCUT2D eigenvalue weighted by Gasteiger charge is -2.14. The number of H-pyrrole nitrogens is 1. The Balaban J connectivity index is 2.34. The molecule has 142 valence electrons. The van der Waals surface area contributed by atoms with E-state index in [0.717, 1.165) is 17.4 Å². The van der Waals surface area contributed by atoms with Crippen LogP contribution in [0.5, 0.6) is 11.5 Å². The van der Waals surface area contributed by atoms with Crippen LogP contribution in [-0.4, -0.2) is 62.1 Å². The summed E-state index contributed by atoms with van der Waals surface area (Å²) in [4.78, 5) is 21.1. The number of rotatable bonds is 7. The van der Waals surface area contributed by atoms with Gasteiger partial charge < -0.3 is 25.1 Å². The Bertz CT molecular complexity index is 795. The average Bonchev–Trinajstić information content (AvgIpc) is 2.98. The van der Waals surface area contributed by atoms with Crippen molar-refractivity contribution in [3.05, 3.63) is 23.9 Å². The number of nitrogens with two attached hydrogens (primary N) is 1. The Morgan fingerprint density at radius 3 is 2.69 bits per heavy atom. The summed E-state index contributed by atoms with van der Waals surface area (Å²) >= 11 is 0. The van der Waals surface area contributed by atoms with Crippen LogP contribution in [0, 0.1) is 0 Å². The molecule has 0 fully saturated rings. The van der Waals surface area contributed by atoms with Crippen molar-refractivity contribution in [3.8, 4) is 11.5 Å². The Morgan fingerprint density at radius 1 is 1.35 bits per heavy atom. The highest BCUT2D eigenvalue weighted by Gasteiger charge is 2.15. The number of nitrogens with zero attached hydrogens (tertiary/aromatic N) is 2. The summed E-state index contributed by atoms with van der Waals surface area (Å²) in [6.45, 7) is 5.25. The van der Waals surface area contributed by atoms with E-state index < -0.39 is 0 Å². The second-order valence-corrected chi connectivity index (χ2v) is 6.45. The van der Waals surface area contributed by atoms with Crippen molar-refractivity contribution in [1.82, 2.24) is 15.2 Å². The molecule has 0 unspecified atom stereocenters. The molecule has 0 saturated heterocycles. The molecule has 4 N–H and O–H groups in total. The molecular formula is C18H27N5O3. The number of hydrogen-bond donors (Lipinski definition) is 3. The van der Waals surface area contributed by atoms with Gasteiger partial charge in [-0.3, -0.25) is 15.1 Å². The van der Waals surface area contributed by atoms with Gasteiger partial charge in [0.25, 0.3) is 5.91 Å². The lowest BCUT2D eigenvalue weighted by Crippen LogP contribution is -2.36. The van der Waals surface area contributed by atoms with E-state index in [0.29, 0.717) is 23.8 Å². The molecule has 0 spiro atoms. The maximum Gasteiger partial charge on any atom is 0.274 e. The normalized spacial score (nSPS) is 12.0. The monoisotopic (exact) mass is 361 g/mol. The van der Waals surface area contributed by atoms with Gasteiger partial charge in [-0.1, -0.05) is 0 Å². The summed E-state index contributed by atoms with van der Waals surface area (Å²) < 4.78 is 11.7. The molecule has 0 aliphatic heterocycles. The molecule has 1 aromatic carbocycles. The van der Waals surface area contributed by atoms with Crippen LogP contribution in [-0.2, 0) is 0 Å². The molecule has 26 heavy (non-hydrogen) atoms. The summed E-state index contributed by atoms with van der Waals surface area (Å²) in [6.07, 6.45) is -0.00901. The molecule has 0 aliphatic carbocycles. The molecule has 2 rings (SSSR count). The number of amides is 1. The number of aromatic nitrogens is 1. The zero-order valence-electron chi connectivity index (χ0n) is 15.9. The van der Waals surface area contributed by atoms with Crippen molar-refractivity contribution < 1.29 is 14.3 Å². The number of likely N-dealkylation sites (N-methyl/N-ethyl adjacent to an activating group) is 1. The Hall–Kier alpha value is -2.74. The first-order chi connectivity index (χ1) is 12.3. The highest BCUT2D eigenvalue weighted by molar-refractivity contribution is 6.07. The molecule has 0 bridgehead atoms. The number of aromatic amines is 1. The van der Waals surface area contributed by atoms with Crippen molar-refractivity contribution in [2.45, 2.75) is 20.0 Å². The zero-order chi connectivity index (χ0) is 19.3. The number of fused-ring (bicyclic) bond motifs is 1. The summed E-state index contributed by atoms with van der Waals surface area (Å²) in [5, 5.41) is 3.31. The molecule has 1 aromatic heterocycles. The highest BCUT2D eigenvalue weighted by atomic mass is 16.5. The van der Waals surface area contributed by atoms with Crippen LogP contribution in [0.25, 0.3) is 10.9 Å². The fourth-order valence-corrected chi connectivity index (χ4v) is 2.32. The fraction of sp³-hybridized carbons (Fsp3) is 0.444. The van der Waals surface area contributed by atoms with Gasteiger partial charge in [0.15, 0.2) is 5.96 Å². The van der Waals surface area contributed by atoms with Crippen molar-refractivity contribution in [1.29, 1.82) is 0 Å². The standard InChI is InChI=1S/C18H27N5O3/c1-11(2)26-16-9-12(25-7-6-23(4)5)8-14-13(16)10-15(21-14)17(24)22-18(19)20-3/h8-11,21H,6-7H2,1-5H3,(H3,19,20,22,24). The predicted molar refractivity (Wildman–Crippen MR) is 103 cm³/mol. The summed E-state index contributed by atoms with van der Waals surface area (Å²) in [5.41, 5.74) is 6.68. The lowest BCUT2D eigenvalue weighted by molar-refractivity contribution is 0.0972. The minimum absolute atomic E-state index is 0.00901. The molecule has 0 atom stereocenters. The zero-order valence-corrected chi connectivity index (χ0v) is 15.9. The number of hydrogen-bond acceptors (Lipinski definition) is 5. The number of carbonyl (C=O) groups is 1. The minimum atomic E-state index is -0.366. The van der Waals surface area contributed by atoms with Crippen LogP contribution in [0.4, 0.5) is 0 Å². The topological polar surface area (TPSA) is 105 Å². The lowest BCUT2D eigenvalue weighted by atomic mass is 10.2. The van der Waals surface area contributed by atoms with Gasteiger partial charge in [0.05, 0.1) is 11.6 Å². The van der Waals surface area contributed by atoms with Crippen LogP contribution in [0.2, 0.25) is 0 Å². The smallest absolute Gasteiger partial charge is 0.274 e. The molecule has 1 amide bonds. The van der Waals surface area contributed by atoms with E-state index in [-0.39, 0.29) is 18.0 Å². The molecule has 8 nitrogen and oxygen atoms in total. The molecule has 0 aliphatic rings. The van der Waals surface area contributed by atoms with Crippen LogP contribution < -0.4 is 20.5 Å². The first kappa shape index (κ1) is 19.6. The van der Waals surface area contributed by atoms with Gasteiger partial charge in [-0.25, -0.2) is 0 Å². The van der Waals surface area contributed by atoms with Gasteiger partial charge in [-0.05, 0) is 34.0 Å². The van der Waals surface area contributed by atoms with Crippen molar-refractivity contribution in [2.24, 2.45) is 10.7 Å². The van der Waals surface area contributed by atoms with E-state index in [1.807, 2.05) is 45.0 Å². The quantitative estimate of drug-likeness (QED) is 0.513. The third-order valence-corrected chi connectivity index (χ3v) is 3.57. The summed E-state index contributed by atoms with van der Waals surface area (Å²) in [5.74, 6) is 1.03. The van der Waals surface area contributed by atoms with Crippen LogP contribution in [0.1, 0.15) is 24.3 Å². The van der Waals surface area contributed by atoms with Crippen molar-refractivity contribution >= 4 is 22.8 Å². The summed E-state index contributed by atoms with van der Waals surface area (Å²) in [7, 11) is 5.48. The average molecular weight is 361 g/mol. The van der Waals surface area contributed by atoms with E-state index >= 15 is 0 Å². The van der Waals surface area contributed by atoms with Gasteiger partial charge in [0.1, 0.15) is 23.8 Å². The van der Waals surface area contributed by atoms with Gasteiger partial charge in [0, 0.05) is 31.1 Å². The first-order valence-electron chi connectivity index (χ1n) is 8.44. The van der Waals surface area contributed by atoms with Crippen molar-refractivity contribution in [3.63, 3.8) is 0 Å². The van der Waals surface area contributed by atoms with E-state index in [1.54, 1.807) is 6.07 Å². The number of ether oxygens (including phenoxy) is 2. The maximum atomic E-state index is 12.3. The Labute approximate surface area is 153 Å². The Kier molecular flexibility index (Phi) is 6.46. The second-order valence-electron chi connectivity index (χ2n) is 6.45. The second kappa shape index (κ2) is 8.57. The summed E-state index contributed by atoms with van der Waals surface area (Å²) in [6, 6.07) is 5.43. The van der Waals surface area contributed by atoms with E-state index in [2.05, 4.69) is 15.3 Å². The van der Waals surface area contributed by atoms with Gasteiger partial charge >= 0.3 is 0 Å². The van der Waals surface area contributed by atoms with Gasteiger partial charge in [-0.15, -0.1) is 0 Å². The van der Waals surface area contributed by atoms with E-state index in [4.69, 9.17) is 15.2 Å². The number of benzene rings is 1.